The van der Waals surface area contributed by atoms with Gasteiger partial charge in [-0.2, -0.15) is 0 Å². The Balaban J connectivity index is 1.46. The molecule has 0 bridgehead atoms. The molecule has 3 aromatic rings. The van der Waals surface area contributed by atoms with Gasteiger partial charge in [0.25, 0.3) is 5.22 Å². The van der Waals surface area contributed by atoms with E-state index in [9.17, 15) is 4.79 Å². The standard InChI is InChI=1S/C20H21N3O3S/c1-14-7-3-5-9-16(14)19-22-23-20(26-19)27-13-18(24)21-12-11-15-8-4-6-10-17(15)25-2/h3-10H,11-13H2,1-2H3,(H,21,24). The average molecular weight is 383 g/mol. The number of rotatable bonds is 8. The molecule has 140 valence electrons. The van der Waals surface area contributed by atoms with Crippen LogP contribution >= 0.6 is 11.8 Å². The van der Waals surface area contributed by atoms with Crippen molar-refractivity contribution in [2.75, 3.05) is 19.4 Å². The zero-order valence-corrected chi connectivity index (χ0v) is 16.1. The molecule has 0 unspecified atom stereocenters. The maximum Gasteiger partial charge on any atom is 0.277 e. The van der Waals surface area contributed by atoms with Crippen molar-refractivity contribution >= 4 is 17.7 Å². The monoisotopic (exact) mass is 383 g/mol. The van der Waals surface area contributed by atoms with Crippen LogP contribution in [0.3, 0.4) is 0 Å². The molecule has 1 N–H and O–H groups in total. The third kappa shape index (κ3) is 5.10. The summed E-state index contributed by atoms with van der Waals surface area (Å²) < 4.78 is 11.0. The Morgan fingerprint density at radius 1 is 1.15 bits per heavy atom. The van der Waals surface area contributed by atoms with Crippen molar-refractivity contribution in [3.63, 3.8) is 0 Å². The minimum absolute atomic E-state index is 0.0782. The van der Waals surface area contributed by atoms with Gasteiger partial charge in [0.15, 0.2) is 0 Å². The van der Waals surface area contributed by atoms with Crippen molar-refractivity contribution in [1.29, 1.82) is 0 Å². The van der Waals surface area contributed by atoms with Gasteiger partial charge in [-0.3, -0.25) is 4.79 Å². The van der Waals surface area contributed by atoms with E-state index in [1.807, 2.05) is 55.5 Å². The second-order valence-electron chi connectivity index (χ2n) is 5.89. The fourth-order valence-corrected chi connectivity index (χ4v) is 3.21. The molecular formula is C20H21N3O3S. The lowest BCUT2D eigenvalue weighted by Crippen LogP contribution is -2.27. The third-order valence-corrected chi connectivity index (χ3v) is 4.84. The van der Waals surface area contributed by atoms with Crippen LogP contribution in [-0.2, 0) is 11.2 Å². The Kier molecular flexibility index (Phi) is 6.49. The van der Waals surface area contributed by atoms with Gasteiger partial charge >= 0.3 is 0 Å². The first-order valence-electron chi connectivity index (χ1n) is 8.58. The van der Waals surface area contributed by atoms with Gasteiger partial charge in [0.1, 0.15) is 5.75 Å². The summed E-state index contributed by atoms with van der Waals surface area (Å²) in [7, 11) is 1.64. The van der Waals surface area contributed by atoms with Crippen LogP contribution in [0, 0.1) is 6.92 Å². The largest absolute Gasteiger partial charge is 0.496 e. The molecule has 0 spiro atoms. The van der Waals surface area contributed by atoms with Gasteiger partial charge in [-0.05, 0) is 36.6 Å². The van der Waals surface area contributed by atoms with Gasteiger partial charge in [-0.1, -0.05) is 48.2 Å². The molecule has 6 nitrogen and oxygen atoms in total. The summed E-state index contributed by atoms with van der Waals surface area (Å²) in [5, 5.41) is 11.3. The Morgan fingerprint density at radius 3 is 2.74 bits per heavy atom. The smallest absolute Gasteiger partial charge is 0.277 e. The summed E-state index contributed by atoms with van der Waals surface area (Å²) in [4.78, 5) is 12.0. The van der Waals surface area contributed by atoms with E-state index in [1.54, 1.807) is 7.11 Å². The van der Waals surface area contributed by atoms with Crippen molar-refractivity contribution < 1.29 is 13.9 Å². The van der Waals surface area contributed by atoms with Crippen LogP contribution in [-0.4, -0.2) is 35.5 Å². The summed E-state index contributed by atoms with van der Waals surface area (Å²) in [6, 6.07) is 15.6. The van der Waals surface area contributed by atoms with Crippen LogP contribution in [0.1, 0.15) is 11.1 Å². The molecule has 0 atom stereocenters. The highest BCUT2D eigenvalue weighted by molar-refractivity contribution is 7.99. The number of nitrogens with zero attached hydrogens (tertiary/aromatic N) is 2. The molecule has 0 saturated carbocycles. The number of carbonyl (C=O) groups excluding carboxylic acids is 1. The molecule has 0 radical (unpaired) electrons. The highest BCUT2D eigenvalue weighted by Crippen LogP contribution is 2.25. The summed E-state index contributed by atoms with van der Waals surface area (Å²) in [5.74, 6) is 1.44. The molecule has 3 rings (SSSR count). The lowest BCUT2D eigenvalue weighted by Gasteiger charge is -2.08. The molecule has 1 aromatic heterocycles. The molecule has 0 aliphatic carbocycles. The fourth-order valence-electron chi connectivity index (χ4n) is 2.61. The SMILES string of the molecule is COc1ccccc1CCNC(=O)CSc1nnc(-c2ccccc2C)o1. The van der Waals surface area contributed by atoms with Crippen LogP contribution in [0.15, 0.2) is 58.2 Å². The van der Waals surface area contributed by atoms with Crippen LogP contribution in [0.2, 0.25) is 0 Å². The topological polar surface area (TPSA) is 77.2 Å². The molecule has 2 aromatic carbocycles. The maximum absolute atomic E-state index is 12.0. The molecule has 0 aliphatic heterocycles. The second-order valence-corrected chi connectivity index (χ2v) is 6.82. The number of amides is 1. The predicted molar refractivity (Wildman–Crippen MR) is 105 cm³/mol. The minimum Gasteiger partial charge on any atom is -0.496 e. The molecule has 0 fully saturated rings. The van der Waals surface area contributed by atoms with Crippen LogP contribution in [0.5, 0.6) is 5.75 Å². The number of thioether (sulfide) groups is 1. The number of aromatic nitrogens is 2. The van der Waals surface area contributed by atoms with Crippen molar-refractivity contribution in [2.45, 2.75) is 18.6 Å². The maximum atomic E-state index is 12.0. The van der Waals surface area contributed by atoms with Gasteiger partial charge in [0, 0.05) is 12.1 Å². The summed E-state index contributed by atoms with van der Waals surface area (Å²) in [6.07, 6.45) is 0.707. The van der Waals surface area contributed by atoms with E-state index in [-0.39, 0.29) is 11.7 Å². The van der Waals surface area contributed by atoms with Crippen LogP contribution in [0.4, 0.5) is 0 Å². The van der Waals surface area contributed by atoms with Gasteiger partial charge in [-0.15, -0.1) is 10.2 Å². The Hall–Kier alpha value is -2.80. The summed E-state index contributed by atoms with van der Waals surface area (Å²) >= 11 is 1.23. The quantitative estimate of drug-likeness (QED) is 0.600. The summed E-state index contributed by atoms with van der Waals surface area (Å²) in [5.41, 5.74) is 3.03. The molecule has 0 saturated heterocycles. The van der Waals surface area contributed by atoms with Crippen molar-refractivity contribution in [3.8, 4) is 17.2 Å². The Morgan fingerprint density at radius 2 is 1.93 bits per heavy atom. The van der Waals surface area contributed by atoms with E-state index in [1.165, 1.54) is 11.8 Å². The van der Waals surface area contributed by atoms with E-state index in [0.29, 0.717) is 24.1 Å². The highest BCUT2D eigenvalue weighted by Gasteiger charge is 2.12. The van der Waals surface area contributed by atoms with Crippen molar-refractivity contribution in [2.24, 2.45) is 0 Å². The number of aryl methyl sites for hydroxylation is 1. The number of para-hydroxylation sites is 1. The predicted octanol–water partition coefficient (Wildman–Crippen LogP) is 3.50. The van der Waals surface area contributed by atoms with E-state index in [0.717, 1.165) is 22.4 Å². The first-order chi connectivity index (χ1) is 13.2. The van der Waals surface area contributed by atoms with E-state index in [2.05, 4.69) is 15.5 Å². The van der Waals surface area contributed by atoms with Gasteiger partial charge in [0.05, 0.1) is 12.9 Å². The molecule has 7 heteroatoms. The first kappa shape index (κ1) is 19.0. The number of carbonyl (C=O) groups is 1. The molecule has 0 aliphatic rings. The average Bonchev–Trinajstić information content (AvgIpc) is 3.16. The van der Waals surface area contributed by atoms with Gasteiger partial charge in [0.2, 0.25) is 11.8 Å². The number of hydrogen-bond acceptors (Lipinski definition) is 6. The molecule has 27 heavy (non-hydrogen) atoms. The van der Waals surface area contributed by atoms with Crippen molar-refractivity contribution in [3.05, 3.63) is 59.7 Å². The normalized spacial score (nSPS) is 10.6. The number of methoxy groups -OCH3 is 1. The number of benzene rings is 2. The third-order valence-electron chi connectivity index (χ3n) is 4.02. The number of hydrogen-bond donors (Lipinski definition) is 1. The molecular weight excluding hydrogens is 362 g/mol. The second kappa shape index (κ2) is 9.23. The van der Waals surface area contributed by atoms with Crippen LogP contribution < -0.4 is 10.1 Å². The zero-order chi connectivity index (χ0) is 19.1. The Bertz CT molecular complexity index is 911. The molecule has 1 amide bonds. The molecule has 1 heterocycles. The fraction of sp³-hybridized carbons (Fsp3) is 0.250. The summed E-state index contributed by atoms with van der Waals surface area (Å²) in [6.45, 7) is 2.53. The van der Waals surface area contributed by atoms with E-state index in [4.69, 9.17) is 9.15 Å². The van der Waals surface area contributed by atoms with Gasteiger partial charge in [-0.25, -0.2) is 0 Å². The lowest BCUT2D eigenvalue weighted by atomic mass is 10.1. The minimum atomic E-state index is -0.0782. The number of ether oxygens (including phenoxy) is 1. The Labute approximate surface area is 162 Å². The van der Waals surface area contributed by atoms with E-state index < -0.39 is 0 Å². The number of nitrogens with one attached hydrogen (secondary N) is 1. The van der Waals surface area contributed by atoms with Gasteiger partial charge < -0.3 is 14.5 Å². The lowest BCUT2D eigenvalue weighted by molar-refractivity contribution is -0.118. The first-order valence-corrected chi connectivity index (χ1v) is 9.57. The van der Waals surface area contributed by atoms with Crippen molar-refractivity contribution in [1.82, 2.24) is 15.5 Å². The highest BCUT2D eigenvalue weighted by atomic mass is 32.2. The van der Waals surface area contributed by atoms with E-state index >= 15 is 0 Å². The van der Waals surface area contributed by atoms with Crippen LogP contribution in [0.25, 0.3) is 11.5 Å². The zero-order valence-electron chi connectivity index (χ0n) is 15.3.